The van der Waals surface area contributed by atoms with Crippen LogP contribution in [0.5, 0.6) is 0 Å². The molecule has 1 amide bonds. The van der Waals surface area contributed by atoms with E-state index in [0.29, 0.717) is 12.5 Å². The Morgan fingerprint density at radius 1 is 1.41 bits per heavy atom. The zero-order valence-electron chi connectivity index (χ0n) is 12.6. The van der Waals surface area contributed by atoms with E-state index >= 15 is 0 Å². The van der Waals surface area contributed by atoms with Gasteiger partial charge in [0.15, 0.2) is 0 Å². The molecule has 22 heavy (non-hydrogen) atoms. The third kappa shape index (κ3) is 2.35. The van der Waals surface area contributed by atoms with Crippen molar-refractivity contribution >= 4 is 23.6 Å². The molecule has 1 aliphatic carbocycles. The van der Waals surface area contributed by atoms with Gasteiger partial charge in [0.05, 0.1) is 12.0 Å². The topological polar surface area (TPSA) is 104 Å². The van der Waals surface area contributed by atoms with Gasteiger partial charge in [-0.1, -0.05) is 0 Å². The number of carbonyl (C=O) groups is 2. The molecule has 122 valence electrons. The number of carboxylic acids is 1. The molecule has 1 saturated heterocycles. The Bertz CT molecular complexity index is 526. The van der Waals surface area contributed by atoms with Gasteiger partial charge in [-0.05, 0) is 51.0 Å². The number of carboxylic acid groups (broad SMARTS) is 1. The van der Waals surface area contributed by atoms with E-state index in [9.17, 15) is 19.8 Å². The summed E-state index contributed by atoms with van der Waals surface area (Å²) in [6, 6.07) is 0. The van der Waals surface area contributed by atoms with Crippen LogP contribution in [0.3, 0.4) is 0 Å². The highest BCUT2D eigenvalue weighted by atomic mass is 32.2. The van der Waals surface area contributed by atoms with Gasteiger partial charge in [-0.25, -0.2) is 4.79 Å². The molecule has 0 aromatic heterocycles. The number of aliphatic carboxylic acids is 1. The molecule has 2 unspecified atom stereocenters. The number of allylic oxidation sites excluding steroid dienone is 1. The first kappa shape index (κ1) is 15.8. The standard InChI is InChI=1S/C15H22N2O4S/c1-7(18)10-13(19)17-11(15(20)21)12(22-14(10)17)9-4-2-8(6-16)3-5-9/h7-10,14,18H,2-6,16H2,1H3,(H,20,21)/t7?,8?,9?,10?,14-/m1/s1. The summed E-state index contributed by atoms with van der Waals surface area (Å²) < 4.78 is 0. The number of amides is 1. The summed E-state index contributed by atoms with van der Waals surface area (Å²) in [6.07, 6.45) is 3.13. The summed E-state index contributed by atoms with van der Waals surface area (Å²) in [4.78, 5) is 26.0. The fraction of sp³-hybridized carbons (Fsp3) is 0.733. The molecule has 0 aromatic carbocycles. The maximum atomic E-state index is 12.2. The summed E-state index contributed by atoms with van der Waals surface area (Å²) in [6.45, 7) is 2.27. The van der Waals surface area contributed by atoms with E-state index in [-0.39, 0.29) is 22.9 Å². The monoisotopic (exact) mass is 326 g/mol. The number of nitrogens with zero attached hydrogens (tertiary/aromatic N) is 1. The average molecular weight is 326 g/mol. The summed E-state index contributed by atoms with van der Waals surface area (Å²) in [5, 5.41) is 19.0. The van der Waals surface area contributed by atoms with Gasteiger partial charge in [-0.15, -0.1) is 11.8 Å². The number of hydrogen-bond donors (Lipinski definition) is 3. The number of β-lactam (4-membered cyclic amide) rings is 1. The highest BCUT2D eigenvalue weighted by Gasteiger charge is 2.58. The second kappa shape index (κ2) is 5.86. The Labute approximate surface area is 133 Å². The quantitative estimate of drug-likeness (QED) is 0.665. The third-order valence-electron chi connectivity index (χ3n) is 5.08. The first-order valence-electron chi connectivity index (χ1n) is 7.81. The molecule has 2 aliphatic heterocycles. The van der Waals surface area contributed by atoms with Gasteiger partial charge < -0.3 is 15.9 Å². The fourth-order valence-corrected chi connectivity index (χ4v) is 5.55. The molecule has 1 saturated carbocycles. The minimum absolute atomic E-state index is 0.146. The van der Waals surface area contributed by atoms with E-state index in [1.807, 2.05) is 0 Å². The number of fused-ring (bicyclic) bond motifs is 1. The summed E-state index contributed by atoms with van der Waals surface area (Å²) in [7, 11) is 0. The van der Waals surface area contributed by atoms with Crippen molar-refractivity contribution in [2.45, 2.75) is 44.1 Å². The van der Waals surface area contributed by atoms with Crippen molar-refractivity contribution in [2.24, 2.45) is 23.5 Å². The molecule has 0 radical (unpaired) electrons. The van der Waals surface area contributed by atoms with Gasteiger partial charge in [-0.3, -0.25) is 9.69 Å². The predicted octanol–water partition coefficient (Wildman–Crippen LogP) is 0.960. The van der Waals surface area contributed by atoms with Crippen molar-refractivity contribution in [3.63, 3.8) is 0 Å². The SMILES string of the molecule is CC(O)C1C(=O)N2C(C(=O)O)=C(C3CCC(CN)CC3)S[C@H]12. The van der Waals surface area contributed by atoms with E-state index in [4.69, 9.17) is 5.73 Å². The molecule has 0 spiro atoms. The number of aliphatic hydroxyl groups excluding tert-OH is 1. The van der Waals surface area contributed by atoms with Crippen molar-refractivity contribution < 1.29 is 19.8 Å². The zero-order chi connectivity index (χ0) is 16.0. The first-order chi connectivity index (χ1) is 10.5. The van der Waals surface area contributed by atoms with E-state index in [2.05, 4.69) is 0 Å². The number of thioether (sulfide) groups is 1. The van der Waals surface area contributed by atoms with Gasteiger partial charge in [0.25, 0.3) is 0 Å². The van der Waals surface area contributed by atoms with Crippen LogP contribution in [0.15, 0.2) is 10.6 Å². The van der Waals surface area contributed by atoms with E-state index in [1.165, 1.54) is 16.7 Å². The van der Waals surface area contributed by atoms with Crippen LogP contribution in [0.25, 0.3) is 0 Å². The Morgan fingerprint density at radius 2 is 2.05 bits per heavy atom. The highest BCUT2D eigenvalue weighted by molar-refractivity contribution is 8.04. The molecule has 0 bridgehead atoms. The van der Waals surface area contributed by atoms with Crippen molar-refractivity contribution in [3.05, 3.63) is 10.6 Å². The van der Waals surface area contributed by atoms with Crippen molar-refractivity contribution in [3.8, 4) is 0 Å². The molecule has 0 aromatic rings. The highest BCUT2D eigenvalue weighted by Crippen LogP contribution is 2.54. The summed E-state index contributed by atoms with van der Waals surface area (Å²) >= 11 is 1.47. The van der Waals surface area contributed by atoms with Crippen LogP contribution >= 0.6 is 11.8 Å². The minimum Gasteiger partial charge on any atom is -0.477 e. The average Bonchev–Trinajstić information content (AvgIpc) is 2.82. The molecular weight excluding hydrogens is 304 g/mol. The molecule has 3 atom stereocenters. The van der Waals surface area contributed by atoms with E-state index in [1.54, 1.807) is 6.92 Å². The number of aliphatic hydroxyl groups is 1. The van der Waals surface area contributed by atoms with Crippen LogP contribution in [0, 0.1) is 17.8 Å². The molecule has 2 heterocycles. The van der Waals surface area contributed by atoms with Crippen LogP contribution in [-0.2, 0) is 9.59 Å². The third-order valence-corrected chi connectivity index (χ3v) is 6.61. The first-order valence-corrected chi connectivity index (χ1v) is 8.69. The summed E-state index contributed by atoms with van der Waals surface area (Å²) in [5.74, 6) is -1.07. The lowest BCUT2D eigenvalue weighted by atomic mass is 9.81. The molecule has 2 fully saturated rings. The van der Waals surface area contributed by atoms with Gasteiger partial charge in [0.2, 0.25) is 5.91 Å². The van der Waals surface area contributed by atoms with Crippen LogP contribution < -0.4 is 5.73 Å². The van der Waals surface area contributed by atoms with Crippen LogP contribution in [0.4, 0.5) is 0 Å². The lowest BCUT2D eigenvalue weighted by Gasteiger charge is -2.43. The van der Waals surface area contributed by atoms with E-state index < -0.39 is 18.0 Å². The number of hydrogen-bond acceptors (Lipinski definition) is 5. The lowest BCUT2D eigenvalue weighted by molar-refractivity contribution is -0.156. The smallest absolute Gasteiger partial charge is 0.353 e. The number of carbonyl (C=O) groups excluding carboxylic acids is 1. The Kier molecular flexibility index (Phi) is 4.22. The molecule has 4 N–H and O–H groups in total. The molecular formula is C15H22N2O4S. The second-order valence-corrected chi connectivity index (χ2v) is 7.61. The molecule has 6 nitrogen and oxygen atoms in total. The largest absolute Gasteiger partial charge is 0.477 e. The maximum Gasteiger partial charge on any atom is 0.353 e. The Balaban J connectivity index is 1.82. The second-order valence-electron chi connectivity index (χ2n) is 6.45. The molecule has 7 heteroatoms. The fourth-order valence-electron chi connectivity index (χ4n) is 3.76. The number of rotatable bonds is 4. The normalized spacial score (nSPS) is 36.1. The van der Waals surface area contributed by atoms with Gasteiger partial charge >= 0.3 is 5.97 Å². The van der Waals surface area contributed by atoms with Crippen molar-refractivity contribution in [1.82, 2.24) is 4.90 Å². The van der Waals surface area contributed by atoms with Gasteiger partial charge in [-0.2, -0.15) is 0 Å². The van der Waals surface area contributed by atoms with Crippen molar-refractivity contribution in [2.75, 3.05) is 6.54 Å². The lowest BCUT2D eigenvalue weighted by Crippen LogP contribution is -2.60. The van der Waals surface area contributed by atoms with Gasteiger partial charge in [0.1, 0.15) is 11.1 Å². The van der Waals surface area contributed by atoms with Gasteiger partial charge in [0, 0.05) is 4.91 Å². The Morgan fingerprint density at radius 3 is 2.55 bits per heavy atom. The van der Waals surface area contributed by atoms with Crippen molar-refractivity contribution in [1.29, 1.82) is 0 Å². The molecule has 3 aliphatic rings. The number of nitrogens with two attached hydrogens (primary N) is 1. The predicted molar refractivity (Wildman–Crippen MR) is 82.6 cm³/mol. The zero-order valence-corrected chi connectivity index (χ0v) is 13.4. The molecule has 3 rings (SSSR count). The Hall–Kier alpha value is -1.05. The van der Waals surface area contributed by atoms with Crippen LogP contribution in [-0.4, -0.2) is 45.0 Å². The maximum absolute atomic E-state index is 12.2. The minimum atomic E-state index is -1.04. The van der Waals surface area contributed by atoms with Crippen LogP contribution in [0.2, 0.25) is 0 Å². The summed E-state index contributed by atoms with van der Waals surface area (Å²) in [5.41, 5.74) is 5.86. The van der Waals surface area contributed by atoms with E-state index in [0.717, 1.165) is 30.6 Å². The van der Waals surface area contributed by atoms with Crippen LogP contribution in [0.1, 0.15) is 32.6 Å².